The van der Waals surface area contributed by atoms with Gasteiger partial charge in [-0.1, -0.05) is 32.9 Å². The molecule has 0 aliphatic rings. The van der Waals surface area contributed by atoms with E-state index < -0.39 is 31.8 Å². The molecular weight excluding hydrogens is 550 g/mol. The first kappa shape index (κ1) is 27.4. The molecule has 0 fully saturated rings. The number of hydrogen-bond acceptors (Lipinski definition) is 7. The van der Waals surface area contributed by atoms with Gasteiger partial charge >= 0.3 is 0 Å². The number of amides is 1. The van der Waals surface area contributed by atoms with Crippen LogP contribution in [-0.2, 0) is 25.5 Å². The summed E-state index contributed by atoms with van der Waals surface area (Å²) in [6.45, 7) is 6.01. The van der Waals surface area contributed by atoms with E-state index in [1.54, 1.807) is 12.1 Å². The summed E-state index contributed by atoms with van der Waals surface area (Å²) in [6, 6.07) is 17.1. The Kier molecular flexibility index (Phi) is 7.42. The molecule has 4 aromatic rings. The fraction of sp³-hybridized carbons (Fsp3) is 0.154. The molecule has 0 aliphatic heterocycles. The molecule has 0 saturated heterocycles. The van der Waals surface area contributed by atoms with E-state index in [4.69, 9.17) is 0 Å². The standard InChI is InChI=1S/C26H24FN3O5S3/c1-26(2,3)19-8-14-22(15-9-19)37(32,33)30-24(31)17-6-12-21(13-7-17)29-38(34,35)23-16-28-25(36-23)18-4-10-20(27)11-5-18/h4-16,29H,1-3H3,(H,30,31). The van der Waals surface area contributed by atoms with Gasteiger partial charge in [-0.25, -0.2) is 30.9 Å². The molecule has 0 unspecified atom stereocenters. The number of rotatable bonds is 7. The van der Waals surface area contributed by atoms with E-state index >= 15 is 0 Å². The molecule has 0 saturated carbocycles. The number of hydrogen-bond donors (Lipinski definition) is 2. The first-order valence-electron chi connectivity index (χ1n) is 11.3. The van der Waals surface area contributed by atoms with Crippen molar-refractivity contribution in [1.82, 2.24) is 9.71 Å². The quantitative estimate of drug-likeness (QED) is 0.315. The van der Waals surface area contributed by atoms with Gasteiger partial charge in [0.1, 0.15) is 10.8 Å². The lowest BCUT2D eigenvalue weighted by Gasteiger charge is -2.19. The third-order valence-corrected chi connectivity index (χ3v) is 9.73. The predicted molar refractivity (Wildman–Crippen MR) is 145 cm³/mol. The molecule has 2 N–H and O–H groups in total. The van der Waals surface area contributed by atoms with Crippen LogP contribution >= 0.6 is 11.3 Å². The molecule has 1 amide bonds. The van der Waals surface area contributed by atoms with Gasteiger partial charge in [-0.05, 0) is 71.6 Å². The molecule has 0 atom stereocenters. The molecule has 198 valence electrons. The molecule has 12 heteroatoms. The molecule has 8 nitrogen and oxygen atoms in total. The topological polar surface area (TPSA) is 122 Å². The Hall–Kier alpha value is -3.61. The Morgan fingerprint density at radius 1 is 0.842 bits per heavy atom. The first-order chi connectivity index (χ1) is 17.7. The minimum atomic E-state index is -4.11. The van der Waals surface area contributed by atoms with Gasteiger partial charge in [-0.3, -0.25) is 9.52 Å². The van der Waals surface area contributed by atoms with Gasteiger partial charge < -0.3 is 0 Å². The lowest BCUT2D eigenvalue weighted by molar-refractivity contribution is 0.0981. The van der Waals surface area contributed by atoms with Crippen LogP contribution in [0.4, 0.5) is 10.1 Å². The average Bonchev–Trinajstić information content (AvgIpc) is 3.35. The minimum Gasteiger partial charge on any atom is -0.279 e. The van der Waals surface area contributed by atoms with Crippen LogP contribution in [0.1, 0.15) is 36.7 Å². The van der Waals surface area contributed by atoms with Crippen molar-refractivity contribution < 1.29 is 26.0 Å². The Morgan fingerprint density at radius 3 is 2.03 bits per heavy atom. The van der Waals surface area contributed by atoms with Crippen molar-refractivity contribution in [3.63, 3.8) is 0 Å². The second-order valence-corrected chi connectivity index (χ2v) is 14.0. The highest BCUT2D eigenvalue weighted by Crippen LogP contribution is 2.29. The van der Waals surface area contributed by atoms with Crippen LogP contribution in [0.2, 0.25) is 0 Å². The third kappa shape index (κ3) is 6.26. The number of nitrogens with one attached hydrogen (secondary N) is 2. The summed E-state index contributed by atoms with van der Waals surface area (Å²) in [4.78, 5) is 16.6. The van der Waals surface area contributed by atoms with E-state index in [-0.39, 0.29) is 25.8 Å². The molecule has 0 aliphatic carbocycles. The SMILES string of the molecule is CC(C)(C)c1ccc(S(=O)(=O)NC(=O)c2ccc(NS(=O)(=O)c3cnc(-c4ccc(F)cc4)s3)cc2)cc1. The summed E-state index contributed by atoms with van der Waals surface area (Å²) >= 11 is 0.918. The van der Waals surface area contributed by atoms with Gasteiger partial charge in [0.25, 0.3) is 26.0 Å². The van der Waals surface area contributed by atoms with E-state index in [9.17, 15) is 26.0 Å². The number of halogens is 1. The molecule has 38 heavy (non-hydrogen) atoms. The first-order valence-corrected chi connectivity index (χ1v) is 15.1. The fourth-order valence-corrected chi connectivity index (χ4v) is 6.55. The fourth-order valence-electron chi connectivity index (χ4n) is 3.38. The van der Waals surface area contributed by atoms with Gasteiger partial charge in [0.05, 0.1) is 11.1 Å². The molecule has 0 radical (unpaired) electrons. The van der Waals surface area contributed by atoms with Crippen LogP contribution in [-0.4, -0.2) is 27.7 Å². The molecule has 1 aromatic heterocycles. The van der Waals surface area contributed by atoms with Crippen molar-refractivity contribution in [2.75, 3.05) is 4.72 Å². The van der Waals surface area contributed by atoms with Crippen molar-refractivity contribution in [3.05, 3.63) is 95.9 Å². The second-order valence-electron chi connectivity index (χ2n) is 9.38. The summed E-state index contributed by atoms with van der Waals surface area (Å²) in [5.41, 5.74) is 1.57. The Balaban J connectivity index is 1.44. The predicted octanol–water partition coefficient (Wildman–Crippen LogP) is 5.17. The number of carbonyl (C=O) groups excluding carboxylic acids is 1. The maximum absolute atomic E-state index is 13.1. The lowest BCUT2D eigenvalue weighted by atomic mass is 9.87. The van der Waals surface area contributed by atoms with E-state index in [0.717, 1.165) is 16.9 Å². The van der Waals surface area contributed by atoms with Crippen LogP contribution in [0, 0.1) is 5.82 Å². The van der Waals surface area contributed by atoms with Crippen LogP contribution < -0.4 is 9.44 Å². The van der Waals surface area contributed by atoms with Crippen molar-refractivity contribution in [1.29, 1.82) is 0 Å². The second kappa shape index (κ2) is 10.3. The Morgan fingerprint density at radius 2 is 1.45 bits per heavy atom. The largest absolute Gasteiger partial charge is 0.279 e. The van der Waals surface area contributed by atoms with Gasteiger partial charge in [-0.15, -0.1) is 11.3 Å². The van der Waals surface area contributed by atoms with Crippen LogP contribution in [0.15, 0.2) is 88.1 Å². The van der Waals surface area contributed by atoms with Crippen molar-refractivity contribution in [2.24, 2.45) is 0 Å². The number of nitrogens with zero attached hydrogens (tertiary/aromatic N) is 1. The van der Waals surface area contributed by atoms with Crippen LogP contribution in [0.25, 0.3) is 10.6 Å². The van der Waals surface area contributed by atoms with E-state index in [0.29, 0.717) is 10.6 Å². The molecule has 4 rings (SSSR count). The third-order valence-electron chi connectivity index (χ3n) is 5.50. The van der Waals surface area contributed by atoms with Crippen molar-refractivity contribution in [2.45, 2.75) is 35.3 Å². The highest BCUT2D eigenvalue weighted by Gasteiger charge is 2.22. The van der Waals surface area contributed by atoms with Crippen LogP contribution in [0.3, 0.4) is 0 Å². The number of aromatic nitrogens is 1. The maximum atomic E-state index is 13.1. The Bertz CT molecular complexity index is 1670. The maximum Gasteiger partial charge on any atom is 0.273 e. The van der Waals surface area contributed by atoms with Crippen molar-refractivity contribution >= 4 is 43.0 Å². The normalized spacial score (nSPS) is 12.2. The molecule has 0 spiro atoms. The summed E-state index contributed by atoms with van der Waals surface area (Å²) in [6.07, 6.45) is 1.20. The average molecular weight is 574 g/mol. The zero-order valence-corrected chi connectivity index (χ0v) is 23.0. The number of anilines is 1. The van der Waals surface area contributed by atoms with E-state index in [1.165, 1.54) is 66.9 Å². The zero-order chi connectivity index (χ0) is 27.7. The number of sulfonamides is 2. The van der Waals surface area contributed by atoms with Crippen LogP contribution in [0.5, 0.6) is 0 Å². The van der Waals surface area contributed by atoms with E-state index in [2.05, 4.69) is 9.71 Å². The van der Waals surface area contributed by atoms with Gasteiger partial charge in [0.2, 0.25) is 0 Å². The summed E-state index contributed by atoms with van der Waals surface area (Å²) < 4.78 is 68.4. The van der Waals surface area contributed by atoms with E-state index in [1.807, 2.05) is 25.5 Å². The van der Waals surface area contributed by atoms with Gasteiger partial charge in [-0.2, -0.15) is 0 Å². The molecule has 1 heterocycles. The minimum absolute atomic E-state index is 0.0271. The summed E-state index contributed by atoms with van der Waals surface area (Å²) in [5, 5.41) is 0.409. The molecule has 0 bridgehead atoms. The lowest BCUT2D eigenvalue weighted by Crippen LogP contribution is -2.30. The number of benzene rings is 3. The number of carbonyl (C=O) groups is 1. The summed E-state index contributed by atoms with van der Waals surface area (Å²) in [5.74, 6) is -1.27. The smallest absolute Gasteiger partial charge is 0.273 e. The zero-order valence-electron chi connectivity index (χ0n) is 20.6. The summed E-state index contributed by atoms with van der Waals surface area (Å²) in [7, 11) is -8.09. The highest BCUT2D eigenvalue weighted by molar-refractivity contribution is 7.94. The van der Waals surface area contributed by atoms with Gasteiger partial charge in [0.15, 0.2) is 4.21 Å². The monoisotopic (exact) mass is 573 g/mol. The molecular formula is C26H24FN3O5S3. The Labute approximate surface area is 224 Å². The molecule has 3 aromatic carbocycles. The van der Waals surface area contributed by atoms with Gasteiger partial charge in [0, 0.05) is 16.8 Å². The van der Waals surface area contributed by atoms with Crippen molar-refractivity contribution in [3.8, 4) is 10.6 Å². The highest BCUT2D eigenvalue weighted by atomic mass is 32.2. The number of thiazole rings is 1.